The minimum absolute atomic E-state index is 0.111. The van der Waals surface area contributed by atoms with Gasteiger partial charge in [0.2, 0.25) is 0 Å². The van der Waals surface area contributed by atoms with Crippen LogP contribution in [0.1, 0.15) is 45.2 Å². The van der Waals surface area contributed by atoms with Gasteiger partial charge in [0.1, 0.15) is 5.75 Å². The van der Waals surface area contributed by atoms with Gasteiger partial charge >= 0.3 is 0 Å². The molecule has 0 fully saturated rings. The van der Waals surface area contributed by atoms with Gasteiger partial charge in [-0.15, -0.1) is 0 Å². The largest absolute Gasteiger partial charge is 0.496 e. The van der Waals surface area contributed by atoms with Gasteiger partial charge in [0.05, 0.1) is 13.2 Å². The molecule has 1 rings (SSSR count). The highest BCUT2D eigenvalue weighted by molar-refractivity contribution is 5.36. The first-order valence-corrected chi connectivity index (χ1v) is 7.63. The van der Waals surface area contributed by atoms with Crippen LogP contribution in [0, 0.1) is 5.92 Å². The molecule has 3 heteroatoms. The Balaban J connectivity index is 3.05. The van der Waals surface area contributed by atoms with Gasteiger partial charge in [-0.05, 0) is 25.5 Å². The van der Waals surface area contributed by atoms with Gasteiger partial charge in [-0.3, -0.25) is 4.90 Å². The monoisotopic (exact) mass is 278 g/mol. The van der Waals surface area contributed by atoms with Crippen molar-refractivity contribution in [3.63, 3.8) is 0 Å². The minimum atomic E-state index is 0.111. The van der Waals surface area contributed by atoms with Gasteiger partial charge in [-0.25, -0.2) is 0 Å². The molecule has 0 aromatic heterocycles. The van der Waals surface area contributed by atoms with Gasteiger partial charge in [-0.2, -0.15) is 0 Å². The van der Waals surface area contributed by atoms with E-state index in [0.29, 0.717) is 5.92 Å². The maximum Gasteiger partial charge on any atom is 0.123 e. The molecule has 3 unspecified atom stereocenters. The average molecular weight is 278 g/mol. The van der Waals surface area contributed by atoms with Crippen molar-refractivity contribution in [2.75, 3.05) is 20.7 Å². The predicted molar refractivity (Wildman–Crippen MR) is 86.1 cm³/mol. The zero-order chi connectivity index (χ0) is 15.1. The van der Waals surface area contributed by atoms with Crippen LogP contribution < -0.4 is 10.5 Å². The second-order valence-electron chi connectivity index (χ2n) is 5.71. The molecule has 0 saturated carbocycles. The lowest BCUT2D eigenvalue weighted by atomic mass is 9.94. The number of ether oxygens (including phenoxy) is 1. The third-order valence-electron chi connectivity index (χ3n) is 4.11. The summed E-state index contributed by atoms with van der Waals surface area (Å²) in [6.07, 6.45) is 2.14. The molecular weight excluding hydrogens is 248 g/mol. The summed E-state index contributed by atoms with van der Waals surface area (Å²) < 4.78 is 5.52. The van der Waals surface area contributed by atoms with Crippen molar-refractivity contribution >= 4 is 0 Å². The number of methoxy groups -OCH3 is 1. The zero-order valence-electron chi connectivity index (χ0n) is 13.6. The van der Waals surface area contributed by atoms with Crippen LogP contribution in [0.25, 0.3) is 0 Å². The van der Waals surface area contributed by atoms with Crippen molar-refractivity contribution in [1.29, 1.82) is 0 Å². The predicted octanol–water partition coefficient (Wildman–Crippen LogP) is 3.45. The third-order valence-corrected chi connectivity index (χ3v) is 4.11. The molecule has 0 aliphatic carbocycles. The maximum absolute atomic E-state index is 6.39. The summed E-state index contributed by atoms with van der Waals surface area (Å²) in [5.41, 5.74) is 7.58. The van der Waals surface area contributed by atoms with E-state index < -0.39 is 0 Å². The molecule has 114 valence electrons. The number of likely N-dealkylation sites (N-methyl/N-ethyl adjacent to an activating group) is 1. The van der Waals surface area contributed by atoms with E-state index in [1.807, 2.05) is 12.1 Å². The van der Waals surface area contributed by atoms with Crippen molar-refractivity contribution in [3.8, 4) is 5.75 Å². The van der Waals surface area contributed by atoms with Crippen LogP contribution in [0.4, 0.5) is 0 Å². The highest BCUT2D eigenvalue weighted by Gasteiger charge is 2.26. The van der Waals surface area contributed by atoms with Gasteiger partial charge in [0.25, 0.3) is 0 Å². The molecule has 2 N–H and O–H groups in total. The first kappa shape index (κ1) is 17.0. The van der Waals surface area contributed by atoms with E-state index >= 15 is 0 Å². The average Bonchev–Trinajstić information content (AvgIpc) is 2.47. The molecule has 3 nitrogen and oxygen atoms in total. The second kappa shape index (κ2) is 8.28. The first-order valence-electron chi connectivity index (χ1n) is 7.63. The van der Waals surface area contributed by atoms with Crippen molar-refractivity contribution < 1.29 is 4.74 Å². The van der Waals surface area contributed by atoms with Gasteiger partial charge in [0, 0.05) is 18.2 Å². The number of hydrogen-bond acceptors (Lipinski definition) is 3. The molecule has 0 amide bonds. The number of hydrogen-bond donors (Lipinski definition) is 1. The van der Waals surface area contributed by atoms with E-state index in [0.717, 1.165) is 18.7 Å². The maximum atomic E-state index is 6.39. The van der Waals surface area contributed by atoms with Gasteiger partial charge in [-0.1, -0.05) is 45.4 Å². The molecule has 0 bridgehead atoms. The fourth-order valence-corrected chi connectivity index (χ4v) is 2.66. The molecular formula is C17H30N2O. The van der Waals surface area contributed by atoms with Crippen LogP contribution >= 0.6 is 0 Å². The molecule has 1 aromatic carbocycles. The Morgan fingerprint density at radius 3 is 2.40 bits per heavy atom. The van der Waals surface area contributed by atoms with Gasteiger partial charge in [0.15, 0.2) is 0 Å². The zero-order valence-corrected chi connectivity index (χ0v) is 13.6. The summed E-state index contributed by atoms with van der Waals surface area (Å²) in [5.74, 6) is 1.60. The second-order valence-corrected chi connectivity index (χ2v) is 5.71. The smallest absolute Gasteiger partial charge is 0.123 e. The summed E-state index contributed by atoms with van der Waals surface area (Å²) in [4.78, 5) is 2.38. The van der Waals surface area contributed by atoms with Crippen LogP contribution in [0.15, 0.2) is 24.3 Å². The van der Waals surface area contributed by atoms with E-state index in [2.05, 4.69) is 44.9 Å². The molecule has 0 aliphatic rings. The molecule has 0 radical (unpaired) electrons. The highest BCUT2D eigenvalue weighted by atomic mass is 16.5. The fourth-order valence-electron chi connectivity index (χ4n) is 2.66. The highest BCUT2D eigenvalue weighted by Crippen LogP contribution is 2.32. The quantitative estimate of drug-likeness (QED) is 0.791. The minimum Gasteiger partial charge on any atom is -0.496 e. The molecule has 1 aromatic rings. The summed E-state index contributed by atoms with van der Waals surface area (Å²) in [5, 5.41) is 0. The molecule has 0 aliphatic heterocycles. The van der Waals surface area contributed by atoms with Crippen molar-refractivity contribution in [2.45, 2.75) is 45.7 Å². The molecule has 0 heterocycles. The Labute approximate surface area is 124 Å². The van der Waals surface area contributed by atoms with E-state index in [1.165, 1.54) is 12.0 Å². The lowest BCUT2D eigenvalue weighted by Crippen LogP contribution is -2.40. The van der Waals surface area contributed by atoms with Crippen molar-refractivity contribution in [1.82, 2.24) is 4.90 Å². The lowest BCUT2D eigenvalue weighted by molar-refractivity contribution is 0.179. The normalized spacial score (nSPS) is 15.9. The Hall–Kier alpha value is -1.06. The van der Waals surface area contributed by atoms with Crippen LogP contribution in [-0.4, -0.2) is 31.6 Å². The Morgan fingerprint density at radius 1 is 1.20 bits per heavy atom. The standard InChI is InChI=1S/C17H30N2O/c1-6-13(3)12-19(4)17(15(18)7-2)14-10-8-9-11-16(14)20-5/h8-11,13,15,17H,6-7,12,18H2,1-5H3. The third kappa shape index (κ3) is 4.22. The molecule has 0 saturated heterocycles. The number of nitrogens with zero attached hydrogens (tertiary/aromatic N) is 1. The SMILES string of the molecule is CCC(C)CN(C)C(c1ccccc1OC)C(N)CC. The Kier molecular flexibility index (Phi) is 7.03. The van der Waals surface area contributed by atoms with Crippen LogP contribution in [-0.2, 0) is 0 Å². The molecule has 0 spiro atoms. The number of benzene rings is 1. The summed E-state index contributed by atoms with van der Waals surface area (Å²) in [7, 11) is 3.89. The van der Waals surface area contributed by atoms with E-state index in [1.54, 1.807) is 7.11 Å². The number of nitrogens with two attached hydrogens (primary N) is 1. The van der Waals surface area contributed by atoms with Crippen LogP contribution in [0.5, 0.6) is 5.75 Å². The molecule has 20 heavy (non-hydrogen) atoms. The van der Waals surface area contributed by atoms with Gasteiger partial charge < -0.3 is 10.5 Å². The van der Waals surface area contributed by atoms with Crippen LogP contribution in [0.3, 0.4) is 0 Å². The number of para-hydroxylation sites is 1. The Bertz CT molecular complexity index is 394. The topological polar surface area (TPSA) is 38.5 Å². The van der Waals surface area contributed by atoms with E-state index in [4.69, 9.17) is 10.5 Å². The molecule has 3 atom stereocenters. The number of rotatable bonds is 8. The first-order chi connectivity index (χ1) is 9.54. The summed E-state index contributed by atoms with van der Waals surface area (Å²) in [6.45, 7) is 7.71. The fraction of sp³-hybridized carbons (Fsp3) is 0.647. The Morgan fingerprint density at radius 2 is 1.85 bits per heavy atom. The van der Waals surface area contributed by atoms with Crippen molar-refractivity contribution in [2.24, 2.45) is 11.7 Å². The summed E-state index contributed by atoms with van der Waals surface area (Å²) in [6, 6.07) is 8.52. The van der Waals surface area contributed by atoms with Crippen molar-refractivity contribution in [3.05, 3.63) is 29.8 Å². The van der Waals surface area contributed by atoms with E-state index in [9.17, 15) is 0 Å². The lowest BCUT2D eigenvalue weighted by Gasteiger charge is -2.35. The van der Waals surface area contributed by atoms with E-state index in [-0.39, 0.29) is 12.1 Å². The summed E-state index contributed by atoms with van der Waals surface area (Å²) >= 11 is 0. The van der Waals surface area contributed by atoms with Crippen LogP contribution in [0.2, 0.25) is 0 Å².